The van der Waals surface area contributed by atoms with Crippen molar-refractivity contribution in [2.75, 3.05) is 6.61 Å². The molecule has 18 heavy (non-hydrogen) atoms. The molecule has 3 nitrogen and oxygen atoms in total. The third-order valence-corrected chi connectivity index (χ3v) is 2.67. The molecular weight excluding hydrogens is 301 g/mol. The van der Waals surface area contributed by atoms with Gasteiger partial charge in [-0.25, -0.2) is 9.37 Å². The first-order chi connectivity index (χ1) is 8.65. The first-order valence-corrected chi connectivity index (χ1v) is 5.97. The van der Waals surface area contributed by atoms with Gasteiger partial charge in [-0.1, -0.05) is 0 Å². The van der Waals surface area contributed by atoms with Crippen molar-refractivity contribution in [2.45, 2.75) is 0 Å². The molecule has 1 heterocycles. The number of Topliss-reactive ketones (excluding diaryl/α,β-unsaturated/α-hetero) is 1. The smallest absolute Gasteiger partial charge is 0.200 e. The van der Waals surface area contributed by atoms with Gasteiger partial charge in [-0.15, -0.1) is 0 Å². The minimum atomic E-state index is -0.370. The third-order valence-electron chi connectivity index (χ3n) is 2.23. The quantitative estimate of drug-likeness (QED) is 0.643. The Morgan fingerprint density at radius 2 is 2.00 bits per heavy atom. The van der Waals surface area contributed by atoms with Crippen LogP contribution in [0.1, 0.15) is 10.4 Å². The van der Waals surface area contributed by atoms with Gasteiger partial charge >= 0.3 is 0 Å². The van der Waals surface area contributed by atoms with E-state index in [2.05, 4.69) is 20.9 Å². The van der Waals surface area contributed by atoms with Gasteiger partial charge < -0.3 is 4.74 Å². The van der Waals surface area contributed by atoms with E-state index in [-0.39, 0.29) is 18.2 Å². The van der Waals surface area contributed by atoms with Crippen LogP contribution in [-0.4, -0.2) is 17.4 Å². The van der Waals surface area contributed by atoms with E-state index in [1.807, 2.05) is 0 Å². The van der Waals surface area contributed by atoms with Crippen LogP contribution < -0.4 is 4.74 Å². The highest BCUT2D eigenvalue weighted by molar-refractivity contribution is 9.10. The lowest BCUT2D eigenvalue weighted by atomic mass is 10.1. The summed E-state index contributed by atoms with van der Waals surface area (Å²) in [4.78, 5) is 15.7. The van der Waals surface area contributed by atoms with E-state index in [0.717, 1.165) is 0 Å². The fraction of sp³-hybridized carbons (Fsp3) is 0.0769. The minimum Gasteiger partial charge on any atom is -0.485 e. The Kier molecular flexibility index (Phi) is 4.04. The Morgan fingerprint density at radius 3 is 2.67 bits per heavy atom. The fourth-order valence-electron chi connectivity index (χ4n) is 1.34. The van der Waals surface area contributed by atoms with Gasteiger partial charge in [0.25, 0.3) is 0 Å². The maximum Gasteiger partial charge on any atom is 0.200 e. The van der Waals surface area contributed by atoms with Gasteiger partial charge in [0.05, 0.1) is 0 Å². The van der Waals surface area contributed by atoms with E-state index in [4.69, 9.17) is 4.74 Å². The topological polar surface area (TPSA) is 39.2 Å². The molecule has 0 atom stereocenters. The highest BCUT2D eigenvalue weighted by Crippen LogP contribution is 2.15. The molecule has 5 heteroatoms. The lowest BCUT2D eigenvalue weighted by Gasteiger charge is -2.05. The number of rotatable bonds is 4. The summed E-state index contributed by atoms with van der Waals surface area (Å²) >= 11 is 3.20. The van der Waals surface area contributed by atoms with E-state index in [9.17, 15) is 9.18 Å². The number of nitrogens with zero attached hydrogens (tertiary/aromatic N) is 1. The second-order valence-electron chi connectivity index (χ2n) is 3.53. The zero-order chi connectivity index (χ0) is 13.0. The van der Waals surface area contributed by atoms with E-state index >= 15 is 0 Å². The molecule has 0 spiro atoms. The van der Waals surface area contributed by atoms with Crippen molar-refractivity contribution in [3.63, 3.8) is 0 Å². The molecule has 0 saturated carbocycles. The number of ether oxygens (including phenoxy) is 1. The van der Waals surface area contributed by atoms with Crippen molar-refractivity contribution in [3.05, 3.63) is 58.6 Å². The molecule has 2 rings (SSSR count). The van der Waals surface area contributed by atoms with Crippen molar-refractivity contribution < 1.29 is 13.9 Å². The van der Waals surface area contributed by atoms with Crippen LogP contribution in [0.4, 0.5) is 4.39 Å². The zero-order valence-corrected chi connectivity index (χ0v) is 10.9. The van der Waals surface area contributed by atoms with Crippen LogP contribution >= 0.6 is 15.9 Å². The molecule has 0 N–H and O–H groups in total. The molecule has 0 amide bonds. The Bertz CT molecular complexity index is 557. The number of carbonyl (C=O) groups is 1. The fourth-order valence-corrected chi connectivity index (χ4v) is 1.69. The summed E-state index contributed by atoms with van der Waals surface area (Å²) in [6.07, 6.45) is 1.57. The molecule has 0 aliphatic rings. The average molecular weight is 310 g/mol. The van der Waals surface area contributed by atoms with E-state index in [0.29, 0.717) is 15.9 Å². The van der Waals surface area contributed by atoms with Crippen LogP contribution in [0.5, 0.6) is 5.75 Å². The number of aromatic nitrogens is 1. The summed E-state index contributed by atoms with van der Waals surface area (Å²) in [7, 11) is 0. The molecular formula is C13H9BrFNO2. The van der Waals surface area contributed by atoms with Crippen molar-refractivity contribution in [1.82, 2.24) is 4.98 Å². The van der Waals surface area contributed by atoms with Gasteiger partial charge in [0.15, 0.2) is 12.4 Å². The molecule has 0 aliphatic heterocycles. The summed E-state index contributed by atoms with van der Waals surface area (Å²) in [5, 5.41) is 0. The summed E-state index contributed by atoms with van der Waals surface area (Å²) in [5.41, 5.74) is 0.421. The van der Waals surface area contributed by atoms with E-state index in [1.54, 1.807) is 18.3 Å². The largest absolute Gasteiger partial charge is 0.485 e. The predicted molar refractivity (Wildman–Crippen MR) is 68.2 cm³/mol. The molecule has 0 fully saturated rings. The molecule has 2 aromatic rings. The van der Waals surface area contributed by atoms with Crippen LogP contribution in [0.15, 0.2) is 47.2 Å². The molecule has 1 aromatic carbocycles. The number of benzene rings is 1. The molecule has 0 unspecified atom stereocenters. The van der Waals surface area contributed by atoms with Gasteiger partial charge in [-0.3, -0.25) is 4.79 Å². The molecule has 0 saturated heterocycles. The second kappa shape index (κ2) is 5.73. The van der Waals surface area contributed by atoms with Crippen molar-refractivity contribution in [2.24, 2.45) is 0 Å². The number of carbonyl (C=O) groups excluding carboxylic acids is 1. The lowest BCUT2D eigenvalue weighted by molar-refractivity contribution is 0.0921. The first kappa shape index (κ1) is 12.7. The van der Waals surface area contributed by atoms with Crippen LogP contribution in [0.3, 0.4) is 0 Å². The first-order valence-electron chi connectivity index (χ1n) is 5.18. The summed E-state index contributed by atoms with van der Waals surface area (Å²) in [6, 6.07) is 8.68. The normalized spacial score (nSPS) is 10.1. The SMILES string of the molecule is O=C(COc1ccnc(Br)c1)c1ccc(F)cc1. The lowest BCUT2D eigenvalue weighted by Crippen LogP contribution is -2.11. The third kappa shape index (κ3) is 3.37. The number of hydrogen-bond acceptors (Lipinski definition) is 3. The number of halogens is 2. The van der Waals surface area contributed by atoms with Gasteiger partial charge in [0.1, 0.15) is 16.2 Å². The minimum absolute atomic E-state index is 0.0952. The van der Waals surface area contributed by atoms with Gasteiger partial charge in [-0.2, -0.15) is 0 Å². The van der Waals surface area contributed by atoms with Crippen LogP contribution in [0.2, 0.25) is 0 Å². The Balaban J connectivity index is 1.98. The van der Waals surface area contributed by atoms with E-state index in [1.165, 1.54) is 24.3 Å². The van der Waals surface area contributed by atoms with Crippen LogP contribution in [-0.2, 0) is 0 Å². The van der Waals surface area contributed by atoms with Gasteiger partial charge in [0, 0.05) is 17.8 Å². The number of ketones is 1. The Labute approximate surface area is 112 Å². The zero-order valence-electron chi connectivity index (χ0n) is 9.27. The molecule has 0 bridgehead atoms. The highest BCUT2D eigenvalue weighted by Gasteiger charge is 2.07. The van der Waals surface area contributed by atoms with Crippen molar-refractivity contribution in [1.29, 1.82) is 0 Å². The van der Waals surface area contributed by atoms with Crippen LogP contribution in [0, 0.1) is 5.82 Å². The summed E-state index contributed by atoms with van der Waals surface area (Å²) < 4.78 is 18.6. The van der Waals surface area contributed by atoms with Crippen molar-refractivity contribution >= 4 is 21.7 Å². The number of pyridine rings is 1. The molecule has 92 valence electrons. The second-order valence-corrected chi connectivity index (χ2v) is 4.35. The average Bonchev–Trinajstić information content (AvgIpc) is 2.37. The highest BCUT2D eigenvalue weighted by atomic mass is 79.9. The standard InChI is InChI=1S/C13H9BrFNO2/c14-13-7-11(5-6-16-13)18-8-12(17)9-1-3-10(15)4-2-9/h1-7H,8H2. The molecule has 1 aromatic heterocycles. The monoisotopic (exact) mass is 309 g/mol. The van der Waals surface area contributed by atoms with Gasteiger partial charge in [0.2, 0.25) is 0 Å². The Hall–Kier alpha value is -1.75. The predicted octanol–water partition coefficient (Wildman–Crippen LogP) is 3.24. The summed E-state index contributed by atoms with van der Waals surface area (Å²) in [5.74, 6) is -0.0270. The summed E-state index contributed by atoms with van der Waals surface area (Å²) in [6.45, 7) is -0.0952. The molecule has 0 aliphatic carbocycles. The Morgan fingerprint density at radius 1 is 1.28 bits per heavy atom. The van der Waals surface area contributed by atoms with Gasteiger partial charge in [-0.05, 0) is 46.3 Å². The maximum absolute atomic E-state index is 12.7. The molecule has 0 radical (unpaired) electrons. The van der Waals surface area contributed by atoms with Crippen molar-refractivity contribution in [3.8, 4) is 5.75 Å². The maximum atomic E-state index is 12.7. The number of hydrogen-bond donors (Lipinski definition) is 0. The van der Waals surface area contributed by atoms with E-state index < -0.39 is 0 Å². The van der Waals surface area contributed by atoms with Crippen LogP contribution in [0.25, 0.3) is 0 Å².